The average molecular weight is 329 g/mol. The van der Waals surface area contributed by atoms with Gasteiger partial charge in [-0.1, -0.05) is 15.9 Å². The van der Waals surface area contributed by atoms with Crippen LogP contribution >= 0.6 is 15.9 Å². The van der Waals surface area contributed by atoms with E-state index in [4.69, 9.17) is 4.74 Å². The summed E-state index contributed by atoms with van der Waals surface area (Å²) in [5.74, 6) is 0. The van der Waals surface area contributed by atoms with Gasteiger partial charge in [0.2, 0.25) is 0 Å². The maximum absolute atomic E-state index is 11.9. The zero-order valence-electron chi connectivity index (χ0n) is 9.85. The number of halogens is 1. The molecule has 17 heavy (non-hydrogen) atoms. The molecule has 0 spiro atoms. The summed E-state index contributed by atoms with van der Waals surface area (Å²) < 4.78 is 31.7. The topological polar surface area (TPSA) is 75.7 Å². The normalized spacial score (nSPS) is 21.8. The first kappa shape index (κ1) is 14.7. The molecule has 6 nitrogen and oxygen atoms in total. The van der Waals surface area contributed by atoms with Gasteiger partial charge >= 0.3 is 16.3 Å². The Morgan fingerprint density at radius 3 is 2.76 bits per heavy atom. The Balaban J connectivity index is 2.65. The quantitative estimate of drug-likeness (QED) is 0.787. The molecule has 1 aliphatic rings. The highest BCUT2D eigenvalue weighted by molar-refractivity contribution is 9.09. The Morgan fingerprint density at radius 1 is 1.59 bits per heavy atom. The molecule has 1 N–H and O–H groups in total. The van der Waals surface area contributed by atoms with Gasteiger partial charge in [0.25, 0.3) is 0 Å². The lowest BCUT2D eigenvalue weighted by molar-refractivity contribution is 0.121. The summed E-state index contributed by atoms with van der Waals surface area (Å²) >= 11 is 3.27. The van der Waals surface area contributed by atoms with Crippen LogP contribution < -0.4 is 4.72 Å². The van der Waals surface area contributed by atoms with Crippen LogP contribution in [0.3, 0.4) is 0 Å². The minimum Gasteiger partial charge on any atom is -0.446 e. The van der Waals surface area contributed by atoms with Gasteiger partial charge in [-0.2, -0.15) is 12.7 Å². The van der Waals surface area contributed by atoms with Crippen LogP contribution in [0.2, 0.25) is 0 Å². The second-order valence-electron chi connectivity index (χ2n) is 4.12. The third-order valence-corrected chi connectivity index (χ3v) is 4.64. The van der Waals surface area contributed by atoms with Crippen LogP contribution in [-0.2, 0) is 14.9 Å². The number of nitrogens with zero attached hydrogens (tertiary/aromatic N) is 1. The minimum absolute atomic E-state index is 0.0978. The lowest BCUT2D eigenvalue weighted by Crippen LogP contribution is -2.46. The fourth-order valence-corrected chi connectivity index (χ4v) is 3.86. The largest absolute Gasteiger partial charge is 0.446 e. The minimum atomic E-state index is -3.79. The zero-order valence-corrected chi connectivity index (χ0v) is 12.3. The van der Waals surface area contributed by atoms with Crippen LogP contribution in [0.4, 0.5) is 4.79 Å². The molecule has 1 atom stereocenters. The molecule has 1 rings (SSSR count). The summed E-state index contributed by atoms with van der Waals surface area (Å²) in [6.45, 7) is 3.74. The molecule has 0 bridgehead atoms. The maximum Gasteiger partial charge on any atom is 0.422 e. The van der Waals surface area contributed by atoms with Gasteiger partial charge in [0.15, 0.2) is 0 Å². The van der Waals surface area contributed by atoms with Crippen LogP contribution in [0.1, 0.15) is 26.7 Å². The first-order valence-electron chi connectivity index (χ1n) is 5.43. The van der Waals surface area contributed by atoms with Gasteiger partial charge in [-0.05, 0) is 26.7 Å². The van der Waals surface area contributed by atoms with Gasteiger partial charge in [-0.15, -0.1) is 0 Å². The first-order valence-corrected chi connectivity index (χ1v) is 7.99. The van der Waals surface area contributed by atoms with E-state index in [-0.39, 0.29) is 12.1 Å². The van der Waals surface area contributed by atoms with E-state index in [9.17, 15) is 13.2 Å². The highest BCUT2D eigenvalue weighted by atomic mass is 79.9. The summed E-state index contributed by atoms with van der Waals surface area (Å²) in [6, 6.07) is -0.0978. The molecule has 0 aromatic carbocycles. The van der Waals surface area contributed by atoms with Crippen molar-refractivity contribution < 1.29 is 17.9 Å². The average Bonchev–Trinajstić information content (AvgIpc) is 2.62. The van der Waals surface area contributed by atoms with Crippen molar-refractivity contribution in [2.75, 3.05) is 11.9 Å². The molecule has 1 unspecified atom stereocenters. The van der Waals surface area contributed by atoms with Crippen molar-refractivity contribution in [3.05, 3.63) is 0 Å². The molecule has 100 valence electrons. The van der Waals surface area contributed by atoms with Crippen molar-refractivity contribution in [1.82, 2.24) is 9.03 Å². The number of carbonyl (C=O) groups is 1. The van der Waals surface area contributed by atoms with Gasteiger partial charge in [0.05, 0.1) is 6.10 Å². The number of ether oxygens (including phenoxy) is 1. The fourth-order valence-electron chi connectivity index (χ4n) is 1.68. The Morgan fingerprint density at radius 2 is 2.24 bits per heavy atom. The van der Waals surface area contributed by atoms with Gasteiger partial charge in [0.1, 0.15) is 0 Å². The van der Waals surface area contributed by atoms with E-state index in [1.54, 1.807) is 13.8 Å². The van der Waals surface area contributed by atoms with Gasteiger partial charge < -0.3 is 4.74 Å². The zero-order chi connectivity index (χ0) is 13.1. The number of carbonyl (C=O) groups excluding carboxylic acids is 1. The van der Waals surface area contributed by atoms with E-state index in [2.05, 4.69) is 15.9 Å². The van der Waals surface area contributed by atoms with E-state index >= 15 is 0 Å². The summed E-state index contributed by atoms with van der Waals surface area (Å²) in [4.78, 5) is 11.3. The van der Waals surface area contributed by atoms with E-state index < -0.39 is 16.3 Å². The molecular weight excluding hydrogens is 312 g/mol. The SMILES string of the molecule is CC(C)OC(=O)NS(=O)(=O)N1CCCC1CBr. The van der Waals surface area contributed by atoms with Crippen molar-refractivity contribution in [2.45, 2.75) is 38.8 Å². The van der Waals surface area contributed by atoms with Crippen LogP contribution in [0.15, 0.2) is 0 Å². The summed E-state index contributed by atoms with van der Waals surface area (Å²) in [6.07, 6.45) is 0.317. The Kier molecular flexibility index (Phi) is 5.21. The molecule has 0 aromatic heterocycles. The summed E-state index contributed by atoms with van der Waals surface area (Å²) in [7, 11) is -3.79. The van der Waals surface area contributed by atoms with Crippen molar-refractivity contribution >= 4 is 32.2 Å². The second kappa shape index (κ2) is 6.01. The van der Waals surface area contributed by atoms with Crippen molar-refractivity contribution in [1.29, 1.82) is 0 Å². The number of nitrogens with one attached hydrogen (secondary N) is 1. The number of hydrogen-bond donors (Lipinski definition) is 1. The predicted molar refractivity (Wildman–Crippen MR) is 67.2 cm³/mol. The van der Waals surface area contributed by atoms with Crippen LogP contribution in [-0.4, -0.2) is 42.8 Å². The lowest BCUT2D eigenvalue weighted by Gasteiger charge is -2.22. The first-order chi connectivity index (χ1) is 7.86. The van der Waals surface area contributed by atoms with Gasteiger partial charge in [0, 0.05) is 17.9 Å². The number of rotatable bonds is 4. The third-order valence-electron chi connectivity index (χ3n) is 2.37. The van der Waals surface area contributed by atoms with Crippen LogP contribution in [0.5, 0.6) is 0 Å². The van der Waals surface area contributed by atoms with E-state index in [1.807, 2.05) is 4.72 Å². The molecule has 1 aliphatic heterocycles. The smallest absolute Gasteiger partial charge is 0.422 e. The molecule has 1 heterocycles. The second-order valence-corrected chi connectivity index (χ2v) is 6.39. The molecule has 1 amide bonds. The lowest BCUT2D eigenvalue weighted by atomic mass is 10.3. The van der Waals surface area contributed by atoms with Crippen molar-refractivity contribution in [3.8, 4) is 0 Å². The van der Waals surface area contributed by atoms with Gasteiger partial charge in [-0.25, -0.2) is 9.52 Å². The molecule has 0 aliphatic carbocycles. The van der Waals surface area contributed by atoms with Gasteiger partial charge in [-0.3, -0.25) is 0 Å². The van der Waals surface area contributed by atoms with Crippen molar-refractivity contribution in [2.24, 2.45) is 0 Å². The maximum atomic E-state index is 11.9. The molecule has 8 heteroatoms. The summed E-state index contributed by atoms with van der Waals surface area (Å²) in [5.41, 5.74) is 0. The number of alkyl halides is 1. The number of amides is 1. The predicted octanol–water partition coefficient (Wildman–Crippen LogP) is 1.23. The van der Waals surface area contributed by atoms with E-state index in [0.29, 0.717) is 11.9 Å². The van der Waals surface area contributed by atoms with Crippen LogP contribution in [0, 0.1) is 0 Å². The van der Waals surface area contributed by atoms with E-state index in [1.165, 1.54) is 4.31 Å². The molecule has 0 saturated carbocycles. The monoisotopic (exact) mass is 328 g/mol. The number of hydrogen-bond acceptors (Lipinski definition) is 4. The molecule has 1 fully saturated rings. The molecule has 0 radical (unpaired) electrons. The highest BCUT2D eigenvalue weighted by Crippen LogP contribution is 2.21. The van der Waals surface area contributed by atoms with Crippen LogP contribution in [0.25, 0.3) is 0 Å². The standard InChI is InChI=1S/C9H17BrN2O4S/c1-7(2)16-9(13)11-17(14,15)12-5-3-4-8(12)6-10/h7-8H,3-6H2,1-2H3,(H,11,13). The highest BCUT2D eigenvalue weighted by Gasteiger charge is 2.34. The Bertz CT molecular complexity index is 371. The molecular formula is C9H17BrN2O4S. The van der Waals surface area contributed by atoms with E-state index in [0.717, 1.165) is 12.8 Å². The third kappa shape index (κ3) is 4.11. The molecule has 0 aromatic rings. The molecule has 1 saturated heterocycles. The summed E-state index contributed by atoms with van der Waals surface area (Å²) in [5, 5.41) is 0.563. The Hall–Kier alpha value is -0.340. The fraction of sp³-hybridized carbons (Fsp3) is 0.889. The Labute approximate surface area is 110 Å². The van der Waals surface area contributed by atoms with Crippen molar-refractivity contribution in [3.63, 3.8) is 0 Å².